The summed E-state index contributed by atoms with van der Waals surface area (Å²) in [6.45, 7) is -0.0559. The Morgan fingerprint density at radius 3 is 2.80 bits per heavy atom. The van der Waals surface area contributed by atoms with Crippen LogP contribution in [0.5, 0.6) is 0 Å². The lowest BCUT2D eigenvalue weighted by atomic mass is 10.1. The average Bonchev–Trinajstić information content (AvgIpc) is 2.50. The molecule has 20 heavy (non-hydrogen) atoms. The topological polar surface area (TPSA) is 75.1 Å². The Kier molecular flexibility index (Phi) is 5.31. The van der Waals surface area contributed by atoms with Crippen molar-refractivity contribution >= 4 is 28.7 Å². The monoisotopic (exact) mass is 291 g/mol. The predicted molar refractivity (Wildman–Crippen MR) is 80.9 cm³/mol. The van der Waals surface area contributed by atoms with Crippen LogP contribution in [0.25, 0.3) is 11.0 Å². The molecule has 1 atom stereocenters. The molecule has 1 amide bonds. The second-order valence-corrected chi connectivity index (χ2v) is 5.38. The molecule has 0 bridgehead atoms. The fraction of sp³-hybridized carbons (Fsp3) is 0.357. The van der Waals surface area contributed by atoms with Crippen LogP contribution >= 0.6 is 11.8 Å². The van der Waals surface area contributed by atoms with Gasteiger partial charge in [0.2, 0.25) is 0 Å². The summed E-state index contributed by atoms with van der Waals surface area (Å²) in [5, 5.41) is 12.1. The number of hydrogen-bond acceptors (Lipinski definition) is 5. The van der Waals surface area contributed by atoms with E-state index in [1.54, 1.807) is 42.4 Å². The van der Waals surface area contributed by atoms with Crippen molar-refractivity contribution in [3.8, 4) is 0 Å². The first kappa shape index (κ1) is 14.7. The molecule has 0 unspecified atom stereocenters. The lowest BCUT2D eigenvalue weighted by Gasteiger charge is -2.15. The Hall–Kier alpha value is -1.66. The minimum absolute atomic E-state index is 0.0559. The molecule has 1 heterocycles. The van der Waals surface area contributed by atoms with Gasteiger partial charge in [0.25, 0.3) is 5.91 Å². The maximum Gasteiger partial charge on any atom is 0.251 e. The molecule has 0 saturated carbocycles. The van der Waals surface area contributed by atoms with Gasteiger partial charge in [-0.1, -0.05) is 0 Å². The largest absolute Gasteiger partial charge is 0.394 e. The fourth-order valence-corrected chi connectivity index (χ4v) is 2.36. The number of hydrogen-bond donors (Lipinski definition) is 2. The fourth-order valence-electron chi connectivity index (χ4n) is 1.84. The van der Waals surface area contributed by atoms with E-state index in [0.29, 0.717) is 11.1 Å². The summed E-state index contributed by atoms with van der Waals surface area (Å²) in [5.74, 6) is 0.701. The number of benzene rings is 1. The van der Waals surface area contributed by atoms with Crippen molar-refractivity contribution in [1.29, 1.82) is 0 Å². The van der Waals surface area contributed by atoms with Gasteiger partial charge in [0.05, 0.1) is 23.7 Å². The van der Waals surface area contributed by atoms with Crippen LogP contribution in [-0.2, 0) is 0 Å². The van der Waals surface area contributed by atoms with Crippen molar-refractivity contribution in [2.75, 3.05) is 18.6 Å². The molecule has 0 aliphatic rings. The zero-order chi connectivity index (χ0) is 14.4. The van der Waals surface area contributed by atoms with E-state index >= 15 is 0 Å². The molecule has 0 spiro atoms. The summed E-state index contributed by atoms with van der Waals surface area (Å²) in [6, 6.07) is 4.98. The number of aliphatic hydroxyl groups is 1. The van der Waals surface area contributed by atoms with Crippen molar-refractivity contribution in [1.82, 2.24) is 15.3 Å². The van der Waals surface area contributed by atoms with E-state index in [4.69, 9.17) is 0 Å². The van der Waals surface area contributed by atoms with Crippen LogP contribution in [0.3, 0.4) is 0 Å². The van der Waals surface area contributed by atoms with E-state index in [9.17, 15) is 9.90 Å². The normalized spacial score (nSPS) is 12.3. The molecule has 0 saturated heterocycles. The lowest BCUT2D eigenvalue weighted by Crippen LogP contribution is -2.37. The van der Waals surface area contributed by atoms with Gasteiger partial charge in [-0.05, 0) is 36.6 Å². The van der Waals surface area contributed by atoms with Crippen LogP contribution in [0.15, 0.2) is 30.6 Å². The number of fused-ring (bicyclic) bond motifs is 1. The first-order valence-electron chi connectivity index (χ1n) is 6.36. The number of carbonyl (C=O) groups is 1. The molecule has 0 radical (unpaired) electrons. The molecular weight excluding hydrogens is 274 g/mol. The second kappa shape index (κ2) is 7.21. The lowest BCUT2D eigenvalue weighted by molar-refractivity contribution is 0.0915. The van der Waals surface area contributed by atoms with Crippen LogP contribution < -0.4 is 5.32 Å². The van der Waals surface area contributed by atoms with Crippen LogP contribution in [-0.4, -0.2) is 45.6 Å². The van der Waals surface area contributed by atoms with Crippen LogP contribution in [0, 0.1) is 0 Å². The molecule has 2 aromatic rings. The third-order valence-corrected chi connectivity index (χ3v) is 3.60. The zero-order valence-electron chi connectivity index (χ0n) is 11.2. The van der Waals surface area contributed by atoms with Crippen LogP contribution in [0.2, 0.25) is 0 Å². The van der Waals surface area contributed by atoms with E-state index in [-0.39, 0.29) is 18.6 Å². The smallest absolute Gasteiger partial charge is 0.251 e. The van der Waals surface area contributed by atoms with Gasteiger partial charge in [-0.15, -0.1) is 0 Å². The first-order valence-corrected chi connectivity index (χ1v) is 7.75. The summed E-state index contributed by atoms with van der Waals surface area (Å²) in [7, 11) is 0. The molecule has 1 aromatic carbocycles. The standard InChI is InChI=1S/C14H17N3O2S/c1-20-7-4-11(9-18)17-14(19)10-2-3-12-13(8-10)16-6-5-15-12/h2-3,5-6,8,11,18H,4,7,9H2,1H3,(H,17,19)/t11-/m1/s1. The maximum atomic E-state index is 12.1. The molecule has 0 aliphatic heterocycles. The molecule has 0 fully saturated rings. The number of aliphatic hydroxyl groups excluding tert-OH is 1. The zero-order valence-corrected chi connectivity index (χ0v) is 12.1. The quantitative estimate of drug-likeness (QED) is 0.843. The van der Waals surface area contributed by atoms with Crippen molar-refractivity contribution < 1.29 is 9.90 Å². The van der Waals surface area contributed by atoms with Gasteiger partial charge in [-0.25, -0.2) is 0 Å². The Morgan fingerprint density at radius 1 is 1.35 bits per heavy atom. The van der Waals surface area contributed by atoms with Gasteiger partial charge in [0.15, 0.2) is 0 Å². The summed E-state index contributed by atoms with van der Waals surface area (Å²) in [6.07, 6.45) is 5.96. The van der Waals surface area contributed by atoms with E-state index in [1.807, 2.05) is 6.26 Å². The van der Waals surface area contributed by atoms with Crippen molar-refractivity contribution in [3.05, 3.63) is 36.2 Å². The highest BCUT2D eigenvalue weighted by atomic mass is 32.2. The second-order valence-electron chi connectivity index (χ2n) is 4.39. The van der Waals surface area contributed by atoms with Gasteiger partial charge in [0.1, 0.15) is 0 Å². The number of aromatic nitrogens is 2. The Morgan fingerprint density at radius 2 is 2.10 bits per heavy atom. The Bertz CT molecular complexity index is 591. The summed E-state index contributed by atoms with van der Waals surface area (Å²) >= 11 is 1.69. The van der Waals surface area contributed by atoms with E-state index < -0.39 is 0 Å². The third-order valence-electron chi connectivity index (χ3n) is 2.96. The van der Waals surface area contributed by atoms with E-state index in [1.165, 1.54) is 0 Å². The molecular formula is C14H17N3O2S. The summed E-state index contributed by atoms with van der Waals surface area (Å²) in [4.78, 5) is 20.5. The van der Waals surface area contributed by atoms with Gasteiger partial charge < -0.3 is 10.4 Å². The van der Waals surface area contributed by atoms with Crippen molar-refractivity contribution in [3.63, 3.8) is 0 Å². The molecule has 6 heteroatoms. The van der Waals surface area contributed by atoms with Gasteiger partial charge in [0, 0.05) is 18.0 Å². The van der Waals surface area contributed by atoms with Crippen molar-refractivity contribution in [2.45, 2.75) is 12.5 Å². The Balaban J connectivity index is 2.10. The maximum absolute atomic E-state index is 12.1. The third kappa shape index (κ3) is 3.68. The minimum Gasteiger partial charge on any atom is -0.394 e. The van der Waals surface area contributed by atoms with E-state index in [2.05, 4.69) is 15.3 Å². The number of carbonyl (C=O) groups excluding carboxylic acids is 1. The first-order chi connectivity index (χ1) is 9.74. The highest BCUT2D eigenvalue weighted by Crippen LogP contribution is 2.11. The van der Waals surface area contributed by atoms with Gasteiger partial charge >= 0.3 is 0 Å². The van der Waals surface area contributed by atoms with Crippen LogP contribution in [0.4, 0.5) is 0 Å². The number of nitrogens with one attached hydrogen (secondary N) is 1. The van der Waals surface area contributed by atoms with Crippen LogP contribution in [0.1, 0.15) is 16.8 Å². The molecule has 5 nitrogen and oxygen atoms in total. The molecule has 2 N–H and O–H groups in total. The summed E-state index contributed by atoms with van der Waals surface area (Å²) in [5.41, 5.74) is 1.97. The predicted octanol–water partition coefficient (Wildman–Crippen LogP) is 1.47. The molecule has 0 aliphatic carbocycles. The number of nitrogens with zero attached hydrogens (tertiary/aromatic N) is 2. The number of rotatable bonds is 6. The molecule has 106 valence electrons. The highest BCUT2D eigenvalue weighted by Gasteiger charge is 2.13. The average molecular weight is 291 g/mol. The number of thioether (sulfide) groups is 1. The van der Waals surface area contributed by atoms with E-state index in [0.717, 1.165) is 17.7 Å². The number of amides is 1. The van der Waals surface area contributed by atoms with Gasteiger partial charge in [-0.3, -0.25) is 14.8 Å². The Labute approximate surface area is 121 Å². The van der Waals surface area contributed by atoms with Crippen molar-refractivity contribution in [2.24, 2.45) is 0 Å². The minimum atomic E-state index is -0.215. The van der Waals surface area contributed by atoms with Gasteiger partial charge in [-0.2, -0.15) is 11.8 Å². The molecule has 1 aromatic heterocycles. The molecule has 2 rings (SSSR count). The highest BCUT2D eigenvalue weighted by molar-refractivity contribution is 7.98. The summed E-state index contributed by atoms with van der Waals surface area (Å²) < 4.78 is 0. The SMILES string of the molecule is CSCC[C@H](CO)NC(=O)c1ccc2nccnc2c1.